The molecule has 0 radical (unpaired) electrons. The Labute approximate surface area is 137 Å². The molecule has 0 bridgehead atoms. The zero-order valence-corrected chi connectivity index (χ0v) is 14.2. The molecular formula is C18H24N4O. The third-order valence-electron chi connectivity index (χ3n) is 4.20. The fourth-order valence-corrected chi connectivity index (χ4v) is 3.01. The van der Waals surface area contributed by atoms with Crippen LogP contribution < -0.4 is 5.32 Å². The van der Waals surface area contributed by atoms with E-state index in [9.17, 15) is 4.79 Å². The molecule has 2 aromatic rings. The fraction of sp³-hybridized carbons (Fsp3) is 0.444. The molecule has 3 rings (SSSR count). The minimum atomic E-state index is -0.0534. The summed E-state index contributed by atoms with van der Waals surface area (Å²) >= 11 is 0. The highest BCUT2D eigenvalue weighted by atomic mass is 16.2. The molecule has 23 heavy (non-hydrogen) atoms. The first-order chi connectivity index (χ1) is 10.8. The molecule has 0 aliphatic carbocycles. The number of rotatable bonds is 1. The Morgan fingerprint density at radius 2 is 2.13 bits per heavy atom. The lowest BCUT2D eigenvalue weighted by Gasteiger charge is -2.29. The Hall–Kier alpha value is -2.30. The van der Waals surface area contributed by atoms with Crippen LogP contribution in [0.5, 0.6) is 0 Å². The van der Waals surface area contributed by atoms with E-state index in [4.69, 9.17) is 0 Å². The Balaban J connectivity index is 1.76. The summed E-state index contributed by atoms with van der Waals surface area (Å²) in [7, 11) is 0. The predicted molar refractivity (Wildman–Crippen MR) is 91.6 cm³/mol. The van der Waals surface area contributed by atoms with Crippen molar-refractivity contribution >= 4 is 11.7 Å². The molecule has 0 fully saturated rings. The number of fused-ring (bicyclic) bond motifs is 1. The Bertz CT molecular complexity index is 727. The van der Waals surface area contributed by atoms with Crippen molar-refractivity contribution in [2.45, 2.75) is 46.1 Å². The number of aromatic nitrogens is 2. The highest BCUT2D eigenvalue weighted by Gasteiger charge is 2.29. The van der Waals surface area contributed by atoms with Crippen LogP contribution in [0.25, 0.3) is 0 Å². The summed E-state index contributed by atoms with van der Waals surface area (Å²) in [6, 6.07) is 7.81. The normalized spacial score (nSPS) is 14.5. The van der Waals surface area contributed by atoms with Gasteiger partial charge in [0, 0.05) is 35.3 Å². The monoisotopic (exact) mass is 312 g/mol. The maximum atomic E-state index is 12.6. The zero-order valence-electron chi connectivity index (χ0n) is 14.2. The summed E-state index contributed by atoms with van der Waals surface area (Å²) < 4.78 is 0. The van der Waals surface area contributed by atoms with E-state index >= 15 is 0 Å². The summed E-state index contributed by atoms with van der Waals surface area (Å²) in [6.45, 7) is 9.77. The van der Waals surface area contributed by atoms with Crippen molar-refractivity contribution in [2.24, 2.45) is 0 Å². The summed E-state index contributed by atoms with van der Waals surface area (Å²) in [5.74, 6) is 0. The number of hydrogen-bond acceptors (Lipinski definition) is 2. The van der Waals surface area contributed by atoms with E-state index in [2.05, 4.69) is 36.3 Å². The van der Waals surface area contributed by atoms with Gasteiger partial charge in [0.15, 0.2) is 0 Å². The summed E-state index contributed by atoms with van der Waals surface area (Å²) in [6.07, 6.45) is 0.819. The van der Waals surface area contributed by atoms with Gasteiger partial charge in [0.05, 0.1) is 12.2 Å². The van der Waals surface area contributed by atoms with Crippen LogP contribution in [0.1, 0.15) is 43.3 Å². The second-order valence-electron chi connectivity index (χ2n) is 7.25. The highest BCUT2D eigenvalue weighted by molar-refractivity contribution is 5.89. The number of amides is 2. The molecule has 0 spiro atoms. The molecule has 5 nitrogen and oxygen atoms in total. The molecule has 0 saturated heterocycles. The first kappa shape index (κ1) is 15.6. The molecule has 0 saturated carbocycles. The third kappa shape index (κ3) is 3.23. The number of carbonyl (C=O) groups is 1. The van der Waals surface area contributed by atoms with Gasteiger partial charge in [-0.2, -0.15) is 5.10 Å². The van der Waals surface area contributed by atoms with E-state index in [1.807, 2.05) is 36.1 Å². The topological polar surface area (TPSA) is 61.0 Å². The number of H-pyrrole nitrogens is 1. The van der Waals surface area contributed by atoms with Gasteiger partial charge in [-0.3, -0.25) is 5.10 Å². The molecule has 0 atom stereocenters. The average molecular weight is 312 g/mol. The van der Waals surface area contributed by atoms with Crippen LogP contribution >= 0.6 is 0 Å². The lowest BCUT2D eigenvalue weighted by molar-refractivity contribution is 0.206. The van der Waals surface area contributed by atoms with Crippen LogP contribution in [0.4, 0.5) is 10.5 Å². The van der Waals surface area contributed by atoms with E-state index in [0.717, 1.165) is 29.1 Å². The minimum absolute atomic E-state index is 0.0277. The number of urea groups is 1. The number of anilines is 1. The van der Waals surface area contributed by atoms with Crippen LogP contribution in [0.2, 0.25) is 0 Å². The molecule has 122 valence electrons. The lowest BCUT2D eigenvalue weighted by atomic mass is 9.87. The number of carbonyl (C=O) groups excluding carboxylic acids is 1. The molecular weight excluding hydrogens is 288 g/mol. The van der Waals surface area contributed by atoms with Gasteiger partial charge in [-0.05, 0) is 24.6 Å². The van der Waals surface area contributed by atoms with Gasteiger partial charge in [0.1, 0.15) is 0 Å². The van der Waals surface area contributed by atoms with Crippen LogP contribution in [0.3, 0.4) is 0 Å². The number of benzene rings is 1. The van der Waals surface area contributed by atoms with Crippen molar-refractivity contribution in [3.05, 3.63) is 46.8 Å². The lowest BCUT2D eigenvalue weighted by Crippen LogP contribution is -2.39. The van der Waals surface area contributed by atoms with Crippen LogP contribution in [-0.2, 0) is 18.4 Å². The first-order valence-corrected chi connectivity index (χ1v) is 8.04. The molecule has 2 heterocycles. The zero-order chi connectivity index (χ0) is 16.6. The van der Waals surface area contributed by atoms with Gasteiger partial charge >= 0.3 is 6.03 Å². The molecule has 1 aliphatic heterocycles. The van der Waals surface area contributed by atoms with Gasteiger partial charge in [-0.15, -0.1) is 0 Å². The number of aryl methyl sites for hydroxylation is 1. The molecule has 0 unspecified atom stereocenters. The van der Waals surface area contributed by atoms with Gasteiger partial charge in [-0.25, -0.2) is 4.79 Å². The quantitative estimate of drug-likeness (QED) is 0.845. The number of nitrogens with zero attached hydrogens (tertiary/aromatic N) is 2. The first-order valence-electron chi connectivity index (χ1n) is 8.04. The number of nitrogens with one attached hydrogen (secondary N) is 2. The largest absolute Gasteiger partial charge is 0.322 e. The maximum absolute atomic E-state index is 12.6. The molecule has 2 amide bonds. The standard InChI is InChI=1S/C18H24N4O/c1-12-6-5-7-13(10-12)19-17(23)22-9-8-15-14(11-22)16(21-20-15)18(2,3)4/h5-7,10H,8-9,11H2,1-4H3,(H,19,23)(H,20,21). The van der Waals surface area contributed by atoms with Crippen molar-refractivity contribution in [3.8, 4) is 0 Å². The van der Waals surface area contributed by atoms with Crippen molar-refractivity contribution in [2.75, 3.05) is 11.9 Å². The van der Waals surface area contributed by atoms with Crippen molar-refractivity contribution in [1.29, 1.82) is 0 Å². The second-order valence-corrected chi connectivity index (χ2v) is 7.25. The highest BCUT2D eigenvalue weighted by Crippen LogP contribution is 2.29. The number of aromatic amines is 1. The number of hydrogen-bond donors (Lipinski definition) is 2. The Morgan fingerprint density at radius 3 is 2.83 bits per heavy atom. The molecule has 1 aromatic carbocycles. The van der Waals surface area contributed by atoms with E-state index in [0.29, 0.717) is 13.1 Å². The van der Waals surface area contributed by atoms with Crippen LogP contribution in [0, 0.1) is 6.92 Å². The van der Waals surface area contributed by atoms with Crippen molar-refractivity contribution in [1.82, 2.24) is 15.1 Å². The minimum Gasteiger partial charge on any atom is -0.320 e. The van der Waals surface area contributed by atoms with Crippen molar-refractivity contribution < 1.29 is 4.79 Å². The smallest absolute Gasteiger partial charge is 0.320 e. The maximum Gasteiger partial charge on any atom is 0.322 e. The second kappa shape index (κ2) is 5.72. The molecule has 5 heteroatoms. The summed E-state index contributed by atoms with van der Waals surface area (Å²) in [5, 5.41) is 10.6. The van der Waals surface area contributed by atoms with Crippen LogP contribution in [-0.4, -0.2) is 27.7 Å². The molecule has 2 N–H and O–H groups in total. The summed E-state index contributed by atoms with van der Waals surface area (Å²) in [5.41, 5.74) is 5.33. The third-order valence-corrected chi connectivity index (χ3v) is 4.20. The van der Waals surface area contributed by atoms with Gasteiger partial charge in [0.2, 0.25) is 0 Å². The van der Waals surface area contributed by atoms with E-state index in [1.54, 1.807) is 0 Å². The van der Waals surface area contributed by atoms with E-state index in [-0.39, 0.29) is 11.4 Å². The predicted octanol–water partition coefficient (Wildman–Crippen LogP) is 3.61. The van der Waals surface area contributed by atoms with E-state index < -0.39 is 0 Å². The molecule has 1 aliphatic rings. The van der Waals surface area contributed by atoms with Crippen LogP contribution in [0.15, 0.2) is 24.3 Å². The SMILES string of the molecule is Cc1cccc(NC(=O)N2CCc3[nH]nc(C(C)(C)C)c3C2)c1. The summed E-state index contributed by atoms with van der Waals surface area (Å²) in [4.78, 5) is 14.4. The molecule has 1 aromatic heterocycles. The average Bonchev–Trinajstić information content (AvgIpc) is 2.90. The van der Waals surface area contributed by atoms with Crippen molar-refractivity contribution in [3.63, 3.8) is 0 Å². The Kier molecular flexibility index (Phi) is 3.88. The van der Waals surface area contributed by atoms with Gasteiger partial charge < -0.3 is 10.2 Å². The fourth-order valence-electron chi connectivity index (χ4n) is 3.01. The van der Waals surface area contributed by atoms with E-state index in [1.165, 1.54) is 5.56 Å². The Morgan fingerprint density at radius 1 is 1.35 bits per heavy atom. The van der Waals surface area contributed by atoms with Gasteiger partial charge in [-0.1, -0.05) is 32.9 Å². The van der Waals surface area contributed by atoms with Gasteiger partial charge in [0.25, 0.3) is 0 Å².